The van der Waals surface area contributed by atoms with E-state index < -0.39 is 21.9 Å². The van der Waals surface area contributed by atoms with Gasteiger partial charge in [-0.15, -0.1) is 0 Å². The molecule has 0 aromatic heterocycles. The van der Waals surface area contributed by atoms with E-state index in [9.17, 15) is 12.8 Å². The zero-order valence-corrected chi connectivity index (χ0v) is 13.0. The molecule has 0 unspecified atom stereocenters. The molecule has 0 aliphatic rings. The monoisotopic (exact) mass is 324 g/mol. The number of hydrogen-bond acceptors (Lipinski definition) is 4. The number of ether oxygens (including phenoxy) is 2. The van der Waals surface area contributed by atoms with E-state index in [-0.39, 0.29) is 22.1 Å². The number of halogens is 2. The molecule has 0 aliphatic carbocycles. The van der Waals surface area contributed by atoms with E-state index in [1.165, 1.54) is 6.07 Å². The maximum atomic E-state index is 13.0. The molecule has 0 fully saturated rings. The van der Waals surface area contributed by atoms with Gasteiger partial charge in [0.2, 0.25) is 0 Å². The molecule has 4 nitrogen and oxygen atoms in total. The summed E-state index contributed by atoms with van der Waals surface area (Å²) in [4.78, 5) is -0.00403. The lowest BCUT2D eigenvalue weighted by Crippen LogP contribution is -2.21. The van der Waals surface area contributed by atoms with Crippen molar-refractivity contribution in [3.63, 3.8) is 0 Å². The standard InChI is InChI=1S/C13H18ClFO4S/c1-3-18-13(19-4-2)7-8-20(16,17)10-5-6-12(15)11(14)9-10/h5-6,9,13H,3-4,7-8H2,1-2H3. The Labute approximate surface area is 123 Å². The lowest BCUT2D eigenvalue weighted by atomic mass is 10.3. The Kier molecular flexibility index (Phi) is 6.88. The van der Waals surface area contributed by atoms with Crippen LogP contribution in [0.1, 0.15) is 20.3 Å². The minimum atomic E-state index is -3.54. The first-order valence-electron chi connectivity index (χ1n) is 6.31. The van der Waals surface area contributed by atoms with Gasteiger partial charge in [0.1, 0.15) is 5.82 Å². The highest BCUT2D eigenvalue weighted by Crippen LogP contribution is 2.21. The maximum Gasteiger partial charge on any atom is 0.178 e. The third-order valence-electron chi connectivity index (χ3n) is 2.58. The van der Waals surface area contributed by atoms with Crippen LogP contribution in [-0.2, 0) is 19.3 Å². The van der Waals surface area contributed by atoms with Crippen LogP contribution in [0.2, 0.25) is 5.02 Å². The topological polar surface area (TPSA) is 52.6 Å². The van der Waals surface area contributed by atoms with Crippen molar-refractivity contribution in [1.82, 2.24) is 0 Å². The van der Waals surface area contributed by atoms with Gasteiger partial charge in [-0.2, -0.15) is 0 Å². The first kappa shape index (κ1) is 17.4. The highest BCUT2D eigenvalue weighted by molar-refractivity contribution is 7.91. The molecular formula is C13H18ClFO4S. The fraction of sp³-hybridized carbons (Fsp3) is 0.538. The molecule has 0 saturated carbocycles. The molecule has 114 valence electrons. The van der Waals surface area contributed by atoms with Crippen molar-refractivity contribution >= 4 is 21.4 Å². The van der Waals surface area contributed by atoms with E-state index in [0.717, 1.165) is 12.1 Å². The quantitative estimate of drug-likeness (QED) is 0.545. The van der Waals surface area contributed by atoms with Gasteiger partial charge in [0, 0.05) is 19.6 Å². The van der Waals surface area contributed by atoms with E-state index in [1.807, 2.05) is 0 Å². The average molecular weight is 325 g/mol. The van der Waals surface area contributed by atoms with Crippen molar-refractivity contribution in [3.8, 4) is 0 Å². The number of benzene rings is 1. The van der Waals surface area contributed by atoms with Crippen LogP contribution >= 0.6 is 11.6 Å². The summed E-state index contributed by atoms with van der Waals surface area (Å²) in [7, 11) is -3.54. The minimum absolute atomic E-state index is 0.00403. The molecule has 0 radical (unpaired) electrons. The van der Waals surface area contributed by atoms with Gasteiger partial charge >= 0.3 is 0 Å². The van der Waals surface area contributed by atoms with Gasteiger partial charge in [-0.25, -0.2) is 12.8 Å². The van der Waals surface area contributed by atoms with E-state index in [1.54, 1.807) is 13.8 Å². The first-order valence-corrected chi connectivity index (χ1v) is 8.34. The molecule has 0 bridgehead atoms. The first-order chi connectivity index (χ1) is 9.40. The second-order valence-electron chi connectivity index (χ2n) is 4.02. The second-order valence-corrected chi connectivity index (χ2v) is 6.54. The van der Waals surface area contributed by atoms with E-state index >= 15 is 0 Å². The molecule has 0 aliphatic heterocycles. The number of hydrogen-bond donors (Lipinski definition) is 0. The second kappa shape index (κ2) is 7.93. The van der Waals surface area contributed by atoms with Crippen molar-refractivity contribution in [2.45, 2.75) is 31.5 Å². The molecule has 0 heterocycles. The van der Waals surface area contributed by atoms with Gasteiger partial charge in [-0.05, 0) is 32.0 Å². The largest absolute Gasteiger partial charge is 0.353 e. The molecule has 1 aromatic carbocycles. The summed E-state index contributed by atoms with van der Waals surface area (Å²) in [5.74, 6) is -0.799. The third-order valence-corrected chi connectivity index (χ3v) is 4.61. The Morgan fingerprint density at radius 2 is 1.85 bits per heavy atom. The van der Waals surface area contributed by atoms with E-state index in [0.29, 0.717) is 13.2 Å². The van der Waals surface area contributed by atoms with Gasteiger partial charge in [0.05, 0.1) is 15.7 Å². The molecule has 20 heavy (non-hydrogen) atoms. The van der Waals surface area contributed by atoms with E-state index in [2.05, 4.69) is 0 Å². The third kappa shape index (κ3) is 5.01. The van der Waals surface area contributed by atoms with Gasteiger partial charge < -0.3 is 9.47 Å². The van der Waals surface area contributed by atoms with Crippen molar-refractivity contribution in [2.75, 3.05) is 19.0 Å². The Morgan fingerprint density at radius 3 is 2.35 bits per heavy atom. The normalized spacial score (nSPS) is 12.1. The Morgan fingerprint density at radius 1 is 1.25 bits per heavy atom. The zero-order valence-electron chi connectivity index (χ0n) is 11.4. The molecule has 1 rings (SSSR count). The molecule has 0 amide bonds. The van der Waals surface area contributed by atoms with Crippen LogP contribution in [0.4, 0.5) is 4.39 Å². The molecule has 0 spiro atoms. The predicted octanol–water partition coefficient (Wildman–Crippen LogP) is 3.04. The average Bonchev–Trinajstić information content (AvgIpc) is 2.39. The summed E-state index contributed by atoms with van der Waals surface area (Å²) in [5, 5.41) is -0.211. The summed E-state index contributed by atoms with van der Waals surface area (Å²) < 4.78 is 47.8. The molecule has 0 N–H and O–H groups in total. The molecular weight excluding hydrogens is 307 g/mol. The highest BCUT2D eigenvalue weighted by Gasteiger charge is 2.19. The summed E-state index contributed by atoms with van der Waals surface area (Å²) in [6.45, 7) is 4.49. The van der Waals surface area contributed by atoms with Crippen LogP contribution in [0.25, 0.3) is 0 Å². The van der Waals surface area contributed by atoms with Crippen molar-refractivity contribution < 1.29 is 22.3 Å². The Hall–Kier alpha value is -0.690. The Balaban J connectivity index is 2.75. The van der Waals surface area contributed by atoms with Crippen LogP contribution in [0.15, 0.2) is 23.1 Å². The number of sulfone groups is 1. The van der Waals surface area contributed by atoms with Crippen molar-refractivity contribution in [1.29, 1.82) is 0 Å². The molecule has 7 heteroatoms. The fourth-order valence-corrected chi connectivity index (χ4v) is 3.18. The smallest absolute Gasteiger partial charge is 0.178 e. The maximum absolute atomic E-state index is 13.0. The SMILES string of the molecule is CCOC(CCS(=O)(=O)c1ccc(F)c(Cl)c1)OCC. The van der Waals surface area contributed by atoms with Crippen LogP contribution in [0.3, 0.4) is 0 Å². The Bertz CT molecular complexity index is 527. The minimum Gasteiger partial charge on any atom is -0.353 e. The highest BCUT2D eigenvalue weighted by atomic mass is 35.5. The predicted molar refractivity (Wildman–Crippen MR) is 75.1 cm³/mol. The zero-order chi connectivity index (χ0) is 15.2. The van der Waals surface area contributed by atoms with Gasteiger partial charge in [-0.3, -0.25) is 0 Å². The molecule has 1 aromatic rings. The van der Waals surface area contributed by atoms with Crippen LogP contribution in [-0.4, -0.2) is 33.7 Å². The lowest BCUT2D eigenvalue weighted by molar-refractivity contribution is -0.136. The lowest BCUT2D eigenvalue weighted by Gasteiger charge is -2.16. The van der Waals surface area contributed by atoms with Crippen LogP contribution in [0.5, 0.6) is 0 Å². The van der Waals surface area contributed by atoms with Crippen molar-refractivity contribution in [2.24, 2.45) is 0 Å². The summed E-state index contributed by atoms with van der Waals surface area (Å²) in [5.41, 5.74) is 0. The van der Waals surface area contributed by atoms with Gasteiger partial charge in [0.25, 0.3) is 0 Å². The fourth-order valence-electron chi connectivity index (χ4n) is 1.63. The summed E-state index contributed by atoms with van der Waals surface area (Å²) in [6, 6.07) is 3.35. The summed E-state index contributed by atoms with van der Waals surface area (Å²) >= 11 is 5.59. The van der Waals surface area contributed by atoms with Gasteiger partial charge in [-0.1, -0.05) is 11.6 Å². The van der Waals surface area contributed by atoms with Gasteiger partial charge in [0.15, 0.2) is 16.1 Å². The molecule has 0 saturated heterocycles. The van der Waals surface area contributed by atoms with E-state index in [4.69, 9.17) is 21.1 Å². The van der Waals surface area contributed by atoms with Crippen LogP contribution in [0, 0.1) is 5.82 Å². The molecule has 0 atom stereocenters. The summed E-state index contributed by atoms with van der Waals surface area (Å²) in [6.07, 6.45) is -0.352. The van der Waals surface area contributed by atoms with Crippen molar-refractivity contribution in [3.05, 3.63) is 29.0 Å². The van der Waals surface area contributed by atoms with Crippen LogP contribution < -0.4 is 0 Å². The number of rotatable bonds is 8.